The molecule has 0 spiro atoms. The SMILES string of the molecule is CCO[Si](C)(CCCN1CCN(C)C1=O)OCC. The van der Waals surface area contributed by atoms with Crippen LogP contribution in [-0.2, 0) is 8.85 Å². The first-order chi connectivity index (χ1) is 8.52. The van der Waals surface area contributed by atoms with Gasteiger partial charge in [-0.2, -0.15) is 0 Å². The Hall–Kier alpha value is -0.593. The second-order valence-electron chi connectivity index (χ2n) is 4.79. The van der Waals surface area contributed by atoms with Crippen LogP contribution in [0.4, 0.5) is 4.79 Å². The molecule has 0 bridgehead atoms. The molecule has 0 radical (unpaired) electrons. The molecule has 6 heteroatoms. The van der Waals surface area contributed by atoms with E-state index in [1.807, 2.05) is 25.8 Å². The summed E-state index contributed by atoms with van der Waals surface area (Å²) in [6, 6.07) is 1.09. The zero-order valence-electron chi connectivity index (χ0n) is 12.1. The molecule has 18 heavy (non-hydrogen) atoms. The normalized spacial score (nSPS) is 16.8. The summed E-state index contributed by atoms with van der Waals surface area (Å²) >= 11 is 0. The van der Waals surface area contributed by atoms with E-state index in [4.69, 9.17) is 8.85 Å². The minimum atomic E-state index is -2.01. The first kappa shape index (κ1) is 15.5. The second kappa shape index (κ2) is 7.11. The smallest absolute Gasteiger partial charge is 0.334 e. The van der Waals surface area contributed by atoms with Gasteiger partial charge < -0.3 is 18.7 Å². The molecule has 106 valence electrons. The van der Waals surface area contributed by atoms with Crippen molar-refractivity contribution in [3.63, 3.8) is 0 Å². The minimum absolute atomic E-state index is 0.145. The highest BCUT2D eigenvalue weighted by atomic mass is 28.4. The highest BCUT2D eigenvalue weighted by Crippen LogP contribution is 2.17. The number of hydrogen-bond acceptors (Lipinski definition) is 3. The summed E-state index contributed by atoms with van der Waals surface area (Å²) < 4.78 is 11.6. The van der Waals surface area contributed by atoms with Crippen molar-refractivity contribution in [3.8, 4) is 0 Å². The van der Waals surface area contributed by atoms with Crippen LogP contribution in [0.15, 0.2) is 0 Å². The molecule has 0 aromatic carbocycles. The maximum atomic E-state index is 11.7. The standard InChI is InChI=1S/C12H26N2O3Si/c1-5-16-18(4,17-6-2)11-7-8-14-10-9-13(3)12(14)15/h5-11H2,1-4H3. The lowest BCUT2D eigenvalue weighted by Gasteiger charge is -2.26. The summed E-state index contributed by atoms with van der Waals surface area (Å²) in [5, 5.41) is 0. The van der Waals surface area contributed by atoms with Gasteiger partial charge in [0.2, 0.25) is 0 Å². The van der Waals surface area contributed by atoms with Crippen LogP contribution >= 0.6 is 0 Å². The van der Waals surface area contributed by atoms with Gasteiger partial charge in [-0.05, 0) is 32.9 Å². The maximum absolute atomic E-state index is 11.7. The lowest BCUT2D eigenvalue weighted by molar-refractivity contribution is 0.183. The average Bonchev–Trinajstić information content (AvgIpc) is 2.61. The van der Waals surface area contributed by atoms with E-state index in [1.165, 1.54) is 0 Å². The van der Waals surface area contributed by atoms with Crippen LogP contribution < -0.4 is 0 Å². The molecule has 5 nitrogen and oxygen atoms in total. The van der Waals surface area contributed by atoms with E-state index in [0.29, 0.717) is 13.2 Å². The van der Waals surface area contributed by atoms with Gasteiger partial charge in [-0.25, -0.2) is 4.79 Å². The highest BCUT2D eigenvalue weighted by Gasteiger charge is 2.31. The van der Waals surface area contributed by atoms with E-state index in [0.717, 1.165) is 32.1 Å². The number of hydrogen-bond donors (Lipinski definition) is 0. The van der Waals surface area contributed by atoms with Gasteiger partial charge in [-0.1, -0.05) is 0 Å². The third-order valence-electron chi connectivity index (χ3n) is 3.26. The first-order valence-electron chi connectivity index (χ1n) is 6.80. The fraction of sp³-hybridized carbons (Fsp3) is 0.917. The van der Waals surface area contributed by atoms with Gasteiger partial charge in [0.1, 0.15) is 0 Å². The summed E-state index contributed by atoms with van der Waals surface area (Å²) in [5.74, 6) is 0. The number of carbonyl (C=O) groups excluding carboxylic acids is 1. The van der Waals surface area contributed by atoms with Gasteiger partial charge >= 0.3 is 14.6 Å². The van der Waals surface area contributed by atoms with Crippen molar-refractivity contribution in [2.75, 3.05) is 39.9 Å². The van der Waals surface area contributed by atoms with Crippen molar-refractivity contribution in [3.05, 3.63) is 0 Å². The van der Waals surface area contributed by atoms with Gasteiger partial charge in [0.25, 0.3) is 0 Å². The lowest BCUT2D eigenvalue weighted by Crippen LogP contribution is -2.40. The third kappa shape index (κ3) is 4.26. The molecule has 1 rings (SSSR count). The van der Waals surface area contributed by atoms with Gasteiger partial charge in [0, 0.05) is 39.9 Å². The molecule has 0 aromatic rings. The zero-order valence-corrected chi connectivity index (χ0v) is 13.1. The van der Waals surface area contributed by atoms with E-state index < -0.39 is 8.56 Å². The van der Waals surface area contributed by atoms with Crippen LogP contribution in [-0.4, -0.2) is 64.3 Å². The Bertz CT molecular complexity index is 270. The van der Waals surface area contributed by atoms with Crippen LogP contribution in [0.1, 0.15) is 20.3 Å². The molecule has 0 saturated carbocycles. The lowest BCUT2D eigenvalue weighted by atomic mass is 10.4. The zero-order chi connectivity index (χ0) is 13.6. The Balaban J connectivity index is 2.32. The van der Waals surface area contributed by atoms with Crippen LogP contribution in [0.2, 0.25) is 12.6 Å². The van der Waals surface area contributed by atoms with Gasteiger partial charge in [0.15, 0.2) is 0 Å². The van der Waals surface area contributed by atoms with Crippen LogP contribution in [0.25, 0.3) is 0 Å². The van der Waals surface area contributed by atoms with E-state index >= 15 is 0 Å². The van der Waals surface area contributed by atoms with Gasteiger partial charge in [-0.15, -0.1) is 0 Å². The predicted molar refractivity (Wildman–Crippen MR) is 73.9 cm³/mol. The van der Waals surface area contributed by atoms with Crippen LogP contribution in [0, 0.1) is 0 Å². The van der Waals surface area contributed by atoms with Gasteiger partial charge in [-0.3, -0.25) is 0 Å². The Morgan fingerprint density at radius 2 is 1.83 bits per heavy atom. The Morgan fingerprint density at radius 1 is 1.22 bits per heavy atom. The Kier molecular flexibility index (Phi) is 6.11. The molecule has 0 atom stereocenters. The highest BCUT2D eigenvalue weighted by molar-refractivity contribution is 6.66. The van der Waals surface area contributed by atoms with Gasteiger partial charge in [0.05, 0.1) is 0 Å². The predicted octanol–water partition coefficient (Wildman–Crippen LogP) is 1.89. The summed E-state index contributed by atoms with van der Waals surface area (Å²) in [6.07, 6.45) is 0.961. The van der Waals surface area contributed by atoms with Crippen molar-refractivity contribution >= 4 is 14.6 Å². The summed E-state index contributed by atoms with van der Waals surface area (Å²) in [6.45, 7) is 10.0. The molecule has 1 saturated heterocycles. The van der Waals surface area contributed by atoms with E-state index in [1.54, 1.807) is 4.90 Å². The molecule has 0 unspecified atom stereocenters. The topological polar surface area (TPSA) is 42.0 Å². The fourth-order valence-electron chi connectivity index (χ4n) is 2.30. The third-order valence-corrected chi connectivity index (χ3v) is 6.32. The molecule has 0 N–H and O–H groups in total. The first-order valence-corrected chi connectivity index (χ1v) is 9.32. The number of rotatable bonds is 8. The molecule has 0 aromatic heterocycles. The van der Waals surface area contributed by atoms with Crippen molar-refractivity contribution in [2.45, 2.75) is 32.9 Å². The quantitative estimate of drug-likeness (QED) is 0.635. The van der Waals surface area contributed by atoms with Crippen LogP contribution in [0.3, 0.4) is 0 Å². The Morgan fingerprint density at radius 3 is 2.28 bits per heavy atom. The molecular formula is C12H26N2O3Si. The molecule has 1 heterocycles. The number of nitrogens with zero attached hydrogens (tertiary/aromatic N) is 2. The number of urea groups is 1. The van der Waals surface area contributed by atoms with E-state index in [-0.39, 0.29) is 6.03 Å². The minimum Gasteiger partial charge on any atom is -0.395 e. The van der Waals surface area contributed by atoms with Crippen LogP contribution in [0.5, 0.6) is 0 Å². The fourth-order valence-corrected chi connectivity index (χ4v) is 4.69. The Labute approximate surface area is 111 Å². The molecule has 1 fully saturated rings. The molecular weight excluding hydrogens is 248 g/mol. The number of amides is 2. The molecule has 0 aliphatic carbocycles. The summed E-state index contributed by atoms with van der Waals surface area (Å²) in [4.78, 5) is 15.4. The number of likely N-dealkylation sites (N-methyl/N-ethyl adjacent to an activating group) is 1. The molecule has 1 aliphatic rings. The van der Waals surface area contributed by atoms with Crippen molar-refractivity contribution < 1.29 is 13.6 Å². The molecule has 2 amide bonds. The van der Waals surface area contributed by atoms with Crippen molar-refractivity contribution in [1.29, 1.82) is 0 Å². The average molecular weight is 274 g/mol. The summed E-state index contributed by atoms with van der Waals surface area (Å²) in [7, 11) is -0.163. The molecule has 1 aliphatic heterocycles. The maximum Gasteiger partial charge on any atom is 0.334 e. The largest absolute Gasteiger partial charge is 0.395 e. The van der Waals surface area contributed by atoms with Crippen molar-refractivity contribution in [1.82, 2.24) is 9.80 Å². The number of carbonyl (C=O) groups is 1. The van der Waals surface area contributed by atoms with E-state index in [9.17, 15) is 4.79 Å². The monoisotopic (exact) mass is 274 g/mol. The van der Waals surface area contributed by atoms with Crippen molar-refractivity contribution in [2.24, 2.45) is 0 Å². The van der Waals surface area contributed by atoms with E-state index in [2.05, 4.69) is 6.55 Å². The second-order valence-corrected chi connectivity index (χ2v) is 8.14. The summed E-state index contributed by atoms with van der Waals surface area (Å²) in [5.41, 5.74) is 0.